The highest BCUT2D eigenvalue weighted by atomic mass is 16.5. The molecule has 0 saturated heterocycles. The molecule has 2 aromatic rings. The molecule has 1 aromatic heterocycles. The fraction of sp³-hybridized carbons (Fsp3) is 0.286. The first-order valence-electron chi connectivity index (χ1n) is 6.39. The minimum atomic E-state index is -0.0592. The molecule has 1 aliphatic heterocycles. The summed E-state index contributed by atoms with van der Waals surface area (Å²) in [6, 6.07) is 5.71. The molecular weight excluding hydrogens is 256 g/mol. The summed E-state index contributed by atoms with van der Waals surface area (Å²) in [6.45, 7) is 2.40. The van der Waals surface area contributed by atoms with E-state index in [2.05, 4.69) is 9.97 Å². The Morgan fingerprint density at radius 1 is 1.50 bits per heavy atom. The van der Waals surface area contributed by atoms with Crippen molar-refractivity contribution >= 4 is 11.6 Å². The number of benzene rings is 1. The zero-order valence-electron chi connectivity index (χ0n) is 11.4. The number of H-pyrrole nitrogens is 1. The van der Waals surface area contributed by atoms with Gasteiger partial charge in [-0.25, -0.2) is 4.98 Å². The number of aromatic amines is 1. The molecule has 6 heteroatoms. The number of rotatable bonds is 2. The number of nitrogens with zero attached hydrogens (tertiary/aromatic N) is 2. The van der Waals surface area contributed by atoms with Crippen LogP contribution in [-0.2, 0) is 11.3 Å². The summed E-state index contributed by atoms with van der Waals surface area (Å²) in [5.41, 5.74) is 9.09. The van der Waals surface area contributed by atoms with Gasteiger partial charge in [-0.3, -0.25) is 4.79 Å². The number of aromatic nitrogens is 2. The zero-order chi connectivity index (χ0) is 14.3. The number of nitrogens with two attached hydrogens (primary N) is 1. The van der Waals surface area contributed by atoms with E-state index < -0.39 is 0 Å². The van der Waals surface area contributed by atoms with Crippen molar-refractivity contribution in [1.82, 2.24) is 9.97 Å². The van der Waals surface area contributed by atoms with Gasteiger partial charge in [-0.1, -0.05) is 0 Å². The molecule has 0 spiro atoms. The molecule has 0 fully saturated rings. The van der Waals surface area contributed by atoms with Crippen molar-refractivity contribution in [3.63, 3.8) is 0 Å². The molecule has 1 aromatic carbocycles. The van der Waals surface area contributed by atoms with Crippen LogP contribution in [0.4, 0.5) is 5.69 Å². The van der Waals surface area contributed by atoms with Crippen molar-refractivity contribution in [2.24, 2.45) is 5.73 Å². The first kappa shape index (κ1) is 12.7. The Morgan fingerprint density at radius 2 is 2.30 bits per heavy atom. The summed E-state index contributed by atoms with van der Waals surface area (Å²) >= 11 is 0. The van der Waals surface area contributed by atoms with Crippen molar-refractivity contribution in [2.45, 2.75) is 13.5 Å². The Hall–Kier alpha value is -2.34. The van der Waals surface area contributed by atoms with Crippen LogP contribution in [0.2, 0.25) is 0 Å². The van der Waals surface area contributed by atoms with Crippen LogP contribution in [0.3, 0.4) is 0 Å². The van der Waals surface area contributed by atoms with Gasteiger partial charge in [-0.15, -0.1) is 0 Å². The lowest BCUT2D eigenvalue weighted by Gasteiger charge is -2.26. The summed E-state index contributed by atoms with van der Waals surface area (Å²) in [4.78, 5) is 20.9. The van der Waals surface area contributed by atoms with Crippen molar-refractivity contribution in [3.8, 4) is 17.0 Å². The summed E-state index contributed by atoms with van der Waals surface area (Å²) in [5, 5.41) is 0. The summed E-state index contributed by atoms with van der Waals surface area (Å²) in [7, 11) is 1.75. The van der Waals surface area contributed by atoms with Gasteiger partial charge in [-0.2, -0.15) is 0 Å². The van der Waals surface area contributed by atoms with Crippen LogP contribution in [0.25, 0.3) is 11.3 Å². The van der Waals surface area contributed by atoms with Crippen LogP contribution in [0.15, 0.2) is 18.2 Å². The molecule has 2 heterocycles. The van der Waals surface area contributed by atoms with Gasteiger partial charge in [0.05, 0.1) is 17.9 Å². The summed E-state index contributed by atoms with van der Waals surface area (Å²) in [5.74, 6) is 1.40. The largest absolute Gasteiger partial charge is 0.482 e. The standard InChI is InChI=1S/C14H16N4O2/c1-8-14(17-12(6-15)16-8)9-3-4-11-10(5-9)18(2)13(19)7-20-11/h3-5H,6-7,15H2,1-2H3,(H,16,17). The van der Waals surface area contributed by atoms with Gasteiger partial charge in [0.15, 0.2) is 6.61 Å². The van der Waals surface area contributed by atoms with Gasteiger partial charge in [0.1, 0.15) is 11.6 Å². The molecule has 1 amide bonds. The normalized spacial score (nSPS) is 14.2. The maximum absolute atomic E-state index is 11.7. The average Bonchev–Trinajstić information content (AvgIpc) is 2.84. The number of hydrogen-bond donors (Lipinski definition) is 2. The SMILES string of the molecule is Cc1[nH]c(CN)nc1-c1ccc2c(c1)N(C)C(=O)CO2. The maximum Gasteiger partial charge on any atom is 0.264 e. The van der Waals surface area contributed by atoms with E-state index in [1.807, 2.05) is 25.1 Å². The lowest BCUT2D eigenvalue weighted by Crippen LogP contribution is -2.35. The van der Waals surface area contributed by atoms with Crippen LogP contribution in [0.1, 0.15) is 11.5 Å². The number of hydrogen-bond acceptors (Lipinski definition) is 4. The van der Waals surface area contributed by atoms with Crippen LogP contribution < -0.4 is 15.4 Å². The third-order valence-corrected chi connectivity index (χ3v) is 3.45. The van der Waals surface area contributed by atoms with Crippen molar-refractivity contribution in [2.75, 3.05) is 18.6 Å². The number of carbonyl (C=O) groups excluding carboxylic acids is 1. The number of anilines is 1. The molecule has 3 N–H and O–H groups in total. The second-order valence-corrected chi connectivity index (χ2v) is 4.79. The van der Waals surface area contributed by atoms with E-state index in [0.29, 0.717) is 12.3 Å². The number of ether oxygens (including phenoxy) is 1. The number of likely N-dealkylation sites (N-methyl/N-ethyl adjacent to an activating group) is 1. The molecule has 104 valence electrons. The van der Waals surface area contributed by atoms with E-state index in [4.69, 9.17) is 10.5 Å². The monoisotopic (exact) mass is 272 g/mol. The second kappa shape index (κ2) is 4.64. The van der Waals surface area contributed by atoms with Crippen molar-refractivity contribution in [3.05, 3.63) is 29.7 Å². The molecule has 0 unspecified atom stereocenters. The number of carbonyl (C=O) groups is 1. The van der Waals surface area contributed by atoms with E-state index in [1.54, 1.807) is 11.9 Å². The summed E-state index contributed by atoms with van der Waals surface area (Å²) < 4.78 is 5.41. The molecule has 6 nitrogen and oxygen atoms in total. The first-order chi connectivity index (χ1) is 9.60. The lowest BCUT2D eigenvalue weighted by atomic mass is 10.1. The third kappa shape index (κ3) is 1.94. The molecule has 1 aliphatic rings. The van der Waals surface area contributed by atoms with Crippen LogP contribution in [-0.4, -0.2) is 29.5 Å². The number of aryl methyl sites for hydroxylation is 1. The Kier molecular flexibility index (Phi) is 2.94. The van der Waals surface area contributed by atoms with Gasteiger partial charge in [0, 0.05) is 18.3 Å². The van der Waals surface area contributed by atoms with Crippen LogP contribution in [0.5, 0.6) is 5.75 Å². The lowest BCUT2D eigenvalue weighted by molar-refractivity contribution is -0.120. The van der Waals surface area contributed by atoms with Crippen molar-refractivity contribution < 1.29 is 9.53 Å². The number of amides is 1. The Morgan fingerprint density at radius 3 is 3.00 bits per heavy atom. The minimum Gasteiger partial charge on any atom is -0.482 e. The predicted octanol–water partition coefficient (Wildman–Crippen LogP) is 1.20. The maximum atomic E-state index is 11.7. The van der Waals surface area contributed by atoms with Gasteiger partial charge in [-0.05, 0) is 25.1 Å². The second-order valence-electron chi connectivity index (χ2n) is 4.79. The third-order valence-electron chi connectivity index (χ3n) is 3.45. The van der Waals surface area contributed by atoms with Crippen molar-refractivity contribution in [1.29, 1.82) is 0 Å². The zero-order valence-corrected chi connectivity index (χ0v) is 11.4. The van der Waals surface area contributed by atoms with Gasteiger partial charge >= 0.3 is 0 Å². The van der Waals surface area contributed by atoms with Gasteiger partial charge in [0.25, 0.3) is 5.91 Å². The fourth-order valence-corrected chi connectivity index (χ4v) is 2.32. The number of fused-ring (bicyclic) bond motifs is 1. The molecule has 0 saturated carbocycles. The molecule has 0 atom stereocenters. The smallest absolute Gasteiger partial charge is 0.264 e. The van der Waals surface area contributed by atoms with Crippen LogP contribution >= 0.6 is 0 Å². The van der Waals surface area contributed by atoms with Gasteiger partial charge in [0.2, 0.25) is 0 Å². The molecule has 20 heavy (non-hydrogen) atoms. The van der Waals surface area contributed by atoms with Gasteiger partial charge < -0.3 is 20.4 Å². The van der Waals surface area contributed by atoms with E-state index in [0.717, 1.165) is 28.5 Å². The van der Waals surface area contributed by atoms with Crippen LogP contribution in [0, 0.1) is 6.92 Å². The Labute approximate surface area is 116 Å². The van der Waals surface area contributed by atoms with E-state index >= 15 is 0 Å². The highest BCUT2D eigenvalue weighted by Crippen LogP contribution is 2.35. The summed E-state index contributed by atoms with van der Waals surface area (Å²) in [6.07, 6.45) is 0. The fourth-order valence-electron chi connectivity index (χ4n) is 2.32. The average molecular weight is 272 g/mol. The number of imidazole rings is 1. The van der Waals surface area contributed by atoms with E-state index in [9.17, 15) is 4.79 Å². The molecule has 0 bridgehead atoms. The number of nitrogens with one attached hydrogen (secondary N) is 1. The molecule has 0 aliphatic carbocycles. The van der Waals surface area contributed by atoms with E-state index in [1.165, 1.54) is 0 Å². The molecule has 3 rings (SSSR count). The molecular formula is C14H16N4O2. The molecule has 0 radical (unpaired) electrons. The minimum absolute atomic E-state index is 0.0592. The Bertz CT molecular complexity index is 678. The Balaban J connectivity index is 2.07. The quantitative estimate of drug-likeness (QED) is 0.860. The first-order valence-corrected chi connectivity index (χ1v) is 6.39. The topological polar surface area (TPSA) is 84.2 Å². The van der Waals surface area contributed by atoms with E-state index in [-0.39, 0.29) is 12.5 Å². The highest BCUT2D eigenvalue weighted by molar-refractivity contribution is 5.98. The predicted molar refractivity (Wildman–Crippen MR) is 75.6 cm³/mol. The highest BCUT2D eigenvalue weighted by Gasteiger charge is 2.23.